The van der Waals surface area contributed by atoms with Gasteiger partial charge in [-0.15, -0.1) is 11.3 Å². The third-order valence-corrected chi connectivity index (χ3v) is 12.5. The Kier molecular flexibility index (Phi) is 7.75. The van der Waals surface area contributed by atoms with Crippen LogP contribution in [-0.2, 0) is 0 Å². The topological polar surface area (TPSA) is 3.24 Å². The summed E-state index contributed by atoms with van der Waals surface area (Å²) in [4.78, 5) is 2.36. The number of thiophene rings is 1. The summed E-state index contributed by atoms with van der Waals surface area (Å²) >= 11 is 1.88. The molecule has 0 aliphatic heterocycles. The molecule has 0 radical (unpaired) electrons. The predicted molar refractivity (Wildman–Crippen MR) is 243 cm³/mol. The molecule has 0 fully saturated rings. The highest BCUT2D eigenvalue weighted by atomic mass is 32.1. The van der Waals surface area contributed by atoms with Crippen molar-refractivity contribution in [1.82, 2.24) is 0 Å². The monoisotopic (exact) mass is 729 g/mol. The molecule has 0 amide bonds. The third kappa shape index (κ3) is 5.54. The summed E-state index contributed by atoms with van der Waals surface area (Å²) < 4.78 is 2.66. The molecule has 11 rings (SSSR count). The van der Waals surface area contributed by atoms with Crippen LogP contribution in [0, 0.1) is 0 Å². The van der Waals surface area contributed by atoms with Crippen LogP contribution in [0.3, 0.4) is 0 Å². The van der Waals surface area contributed by atoms with Crippen LogP contribution in [0.1, 0.15) is 0 Å². The average molecular weight is 730 g/mol. The highest BCUT2D eigenvalue weighted by Gasteiger charge is 2.16. The van der Waals surface area contributed by atoms with Crippen LogP contribution in [0.25, 0.3) is 85.9 Å². The van der Waals surface area contributed by atoms with Crippen LogP contribution in [0.2, 0.25) is 0 Å². The Hall–Kier alpha value is -7.00. The zero-order valence-electron chi connectivity index (χ0n) is 30.6. The number of anilines is 3. The van der Waals surface area contributed by atoms with E-state index in [1.165, 1.54) is 85.9 Å². The van der Waals surface area contributed by atoms with Gasteiger partial charge in [0.25, 0.3) is 0 Å². The van der Waals surface area contributed by atoms with Crippen molar-refractivity contribution < 1.29 is 0 Å². The summed E-state index contributed by atoms with van der Waals surface area (Å²) in [6.45, 7) is 0. The van der Waals surface area contributed by atoms with E-state index in [0.717, 1.165) is 17.1 Å². The zero-order chi connectivity index (χ0) is 37.0. The van der Waals surface area contributed by atoms with E-state index in [2.05, 4.69) is 217 Å². The van der Waals surface area contributed by atoms with E-state index in [1.807, 2.05) is 11.3 Å². The van der Waals surface area contributed by atoms with Gasteiger partial charge in [0.15, 0.2) is 0 Å². The lowest BCUT2D eigenvalue weighted by molar-refractivity contribution is 1.28. The SMILES string of the molecule is c1ccc(-c2ccc(N(c3ccc(-c4ccc5ccc6ccc7ccccc7c6c5c4)cc3)c3ccc(-c4cccc5c4sc4ccccc45)cc3)cc2)cc1. The van der Waals surface area contributed by atoms with Gasteiger partial charge in [0.1, 0.15) is 0 Å². The fraction of sp³-hybridized carbons (Fsp3) is 0. The number of rotatable bonds is 6. The van der Waals surface area contributed by atoms with Crippen molar-refractivity contribution in [3.63, 3.8) is 0 Å². The fourth-order valence-corrected chi connectivity index (χ4v) is 9.69. The van der Waals surface area contributed by atoms with Gasteiger partial charge < -0.3 is 4.90 Å². The van der Waals surface area contributed by atoms with Gasteiger partial charge in [0.2, 0.25) is 0 Å². The van der Waals surface area contributed by atoms with Crippen LogP contribution in [0.4, 0.5) is 17.1 Å². The second kappa shape index (κ2) is 13.4. The maximum atomic E-state index is 2.37. The Morgan fingerprint density at radius 1 is 0.304 bits per heavy atom. The van der Waals surface area contributed by atoms with Crippen LogP contribution in [-0.4, -0.2) is 0 Å². The van der Waals surface area contributed by atoms with Crippen LogP contribution in [0.5, 0.6) is 0 Å². The molecule has 10 aromatic carbocycles. The van der Waals surface area contributed by atoms with Gasteiger partial charge in [-0.1, -0.05) is 164 Å². The first-order chi connectivity index (χ1) is 27.7. The van der Waals surface area contributed by atoms with Crippen molar-refractivity contribution in [2.75, 3.05) is 4.90 Å². The molecular formula is C54H35NS. The Bertz CT molecular complexity index is 3210. The first-order valence-electron chi connectivity index (χ1n) is 19.2. The molecule has 0 N–H and O–H groups in total. The maximum Gasteiger partial charge on any atom is 0.0462 e. The molecule has 0 spiro atoms. The molecule has 2 heteroatoms. The van der Waals surface area contributed by atoms with Crippen molar-refractivity contribution in [3.8, 4) is 33.4 Å². The highest BCUT2D eigenvalue weighted by molar-refractivity contribution is 7.26. The van der Waals surface area contributed by atoms with E-state index < -0.39 is 0 Å². The molecule has 0 saturated heterocycles. The van der Waals surface area contributed by atoms with Crippen molar-refractivity contribution >= 4 is 80.9 Å². The summed E-state index contributed by atoms with van der Waals surface area (Å²) in [7, 11) is 0. The molecule has 1 heterocycles. The van der Waals surface area contributed by atoms with Gasteiger partial charge in [0.05, 0.1) is 0 Å². The summed E-state index contributed by atoms with van der Waals surface area (Å²) in [5.74, 6) is 0. The molecule has 0 atom stereocenters. The van der Waals surface area contributed by atoms with Gasteiger partial charge in [-0.2, -0.15) is 0 Å². The van der Waals surface area contributed by atoms with E-state index >= 15 is 0 Å². The Balaban J connectivity index is 0.994. The van der Waals surface area contributed by atoms with Gasteiger partial charge >= 0.3 is 0 Å². The second-order valence-electron chi connectivity index (χ2n) is 14.5. The molecule has 56 heavy (non-hydrogen) atoms. The third-order valence-electron chi connectivity index (χ3n) is 11.3. The van der Waals surface area contributed by atoms with Gasteiger partial charge in [-0.25, -0.2) is 0 Å². The second-order valence-corrected chi connectivity index (χ2v) is 15.6. The van der Waals surface area contributed by atoms with E-state index in [9.17, 15) is 0 Å². The van der Waals surface area contributed by atoms with Crippen molar-refractivity contribution in [3.05, 3.63) is 212 Å². The van der Waals surface area contributed by atoms with Crippen molar-refractivity contribution in [1.29, 1.82) is 0 Å². The van der Waals surface area contributed by atoms with Crippen molar-refractivity contribution in [2.45, 2.75) is 0 Å². The molecular weight excluding hydrogens is 695 g/mol. The molecule has 1 aromatic heterocycles. The molecule has 0 bridgehead atoms. The average Bonchev–Trinajstić information content (AvgIpc) is 3.66. The standard InChI is InChI=1S/C54H35NS/c1-2-9-36(10-3-1)37-23-29-44(30-24-37)55(46-33-27-40(28-34-46)48-14-8-15-50-49-13-6-7-16-52(49)56-54(48)50)45-31-25-38(26-32-45)43-22-19-41-18-21-42-20-17-39-11-4-5-12-47(39)53(42)51(41)35-43/h1-35H. The van der Waals surface area contributed by atoms with E-state index in [1.54, 1.807) is 0 Å². The minimum atomic E-state index is 1.11. The molecule has 0 unspecified atom stereocenters. The number of hydrogen-bond acceptors (Lipinski definition) is 2. The number of fused-ring (bicyclic) bond motifs is 8. The minimum Gasteiger partial charge on any atom is -0.311 e. The molecule has 0 aliphatic carbocycles. The van der Waals surface area contributed by atoms with Crippen molar-refractivity contribution in [2.24, 2.45) is 0 Å². The predicted octanol–water partition coefficient (Wildman–Crippen LogP) is 16.0. The normalized spacial score (nSPS) is 11.6. The largest absolute Gasteiger partial charge is 0.311 e. The molecule has 262 valence electrons. The van der Waals surface area contributed by atoms with E-state index in [-0.39, 0.29) is 0 Å². The lowest BCUT2D eigenvalue weighted by atomic mass is 9.94. The maximum absolute atomic E-state index is 2.37. The lowest BCUT2D eigenvalue weighted by Crippen LogP contribution is -2.09. The molecule has 0 aliphatic rings. The highest BCUT2D eigenvalue weighted by Crippen LogP contribution is 2.42. The van der Waals surface area contributed by atoms with Gasteiger partial charge in [-0.3, -0.25) is 0 Å². The number of benzene rings is 10. The minimum absolute atomic E-state index is 1.11. The van der Waals surface area contributed by atoms with Crippen LogP contribution >= 0.6 is 11.3 Å². The van der Waals surface area contributed by atoms with E-state index in [0.29, 0.717) is 0 Å². The molecule has 11 aromatic rings. The van der Waals surface area contributed by atoms with Gasteiger partial charge in [-0.05, 0) is 114 Å². The Morgan fingerprint density at radius 2 is 0.804 bits per heavy atom. The lowest BCUT2D eigenvalue weighted by Gasteiger charge is -2.26. The summed E-state index contributed by atoms with van der Waals surface area (Å²) in [5.41, 5.74) is 10.6. The zero-order valence-corrected chi connectivity index (χ0v) is 31.4. The van der Waals surface area contributed by atoms with E-state index in [4.69, 9.17) is 0 Å². The van der Waals surface area contributed by atoms with Crippen LogP contribution < -0.4 is 4.90 Å². The summed E-state index contributed by atoms with van der Waals surface area (Å²) in [5, 5.41) is 10.3. The Labute approximate surface area is 330 Å². The summed E-state index contributed by atoms with van der Waals surface area (Å²) in [6, 6.07) is 77.6. The van der Waals surface area contributed by atoms with Crippen LogP contribution in [0.15, 0.2) is 212 Å². The first kappa shape index (κ1) is 32.4. The first-order valence-corrected chi connectivity index (χ1v) is 20.0. The quantitative estimate of drug-likeness (QED) is 0.154. The number of hydrogen-bond donors (Lipinski definition) is 0. The smallest absolute Gasteiger partial charge is 0.0462 e. The Morgan fingerprint density at radius 3 is 1.52 bits per heavy atom. The molecule has 0 saturated carbocycles. The fourth-order valence-electron chi connectivity index (χ4n) is 8.45. The number of nitrogens with zero attached hydrogens (tertiary/aromatic N) is 1. The summed E-state index contributed by atoms with van der Waals surface area (Å²) in [6.07, 6.45) is 0. The molecule has 1 nitrogen and oxygen atoms in total. The van der Waals surface area contributed by atoms with Gasteiger partial charge in [0, 0.05) is 37.2 Å².